The molecule has 1 heterocycles. The number of benzene rings is 1. The van der Waals surface area contributed by atoms with Crippen molar-refractivity contribution in [1.29, 1.82) is 0 Å². The minimum atomic E-state index is -0.121. The fraction of sp³-hybridized carbons (Fsp3) is 0.500. The Labute approximate surface area is 108 Å². The van der Waals surface area contributed by atoms with E-state index in [2.05, 4.69) is 21.2 Å². The minimum absolute atomic E-state index is 0.121. The molecule has 88 valence electrons. The van der Waals surface area contributed by atoms with Crippen LogP contribution in [0.25, 0.3) is 0 Å². The predicted octanol–water partition coefficient (Wildman–Crippen LogP) is 4.12. The van der Waals surface area contributed by atoms with Crippen molar-refractivity contribution < 1.29 is 4.39 Å². The van der Waals surface area contributed by atoms with Crippen LogP contribution >= 0.6 is 27.7 Å². The summed E-state index contributed by atoms with van der Waals surface area (Å²) in [6, 6.07) is 4.02. The average Bonchev–Trinajstić information content (AvgIpc) is 2.30. The van der Waals surface area contributed by atoms with Crippen molar-refractivity contribution in [3.8, 4) is 0 Å². The molecule has 0 spiro atoms. The molecule has 1 aliphatic heterocycles. The fourth-order valence-electron chi connectivity index (χ4n) is 2.11. The van der Waals surface area contributed by atoms with E-state index in [4.69, 9.17) is 0 Å². The molecule has 16 heavy (non-hydrogen) atoms. The molecule has 1 aromatic rings. The van der Waals surface area contributed by atoms with E-state index in [1.54, 1.807) is 6.07 Å². The molecule has 1 atom stereocenters. The van der Waals surface area contributed by atoms with E-state index in [0.29, 0.717) is 10.9 Å². The van der Waals surface area contributed by atoms with Crippen LogP contribution in [0.2, 0.25) is 0 Å². The van der Waals surface area contributed by atoms with Crippen molar-refractivity contribution in [2.75, 3.05) is 12.8 Å². The predicted molar refractivity (Wildman–Crippen MR) is 70.5 cm³/mol. The average molecular weight is 304 g/mol. The minimum Gasteiger partial charge on any atom is -0.310 e. The molecule has 0 aromatic heterocycles. The summed E-state index contributed by atoms with van der Waals surface area (Å²) in [5, 5.41) is 3.43. The van der Waals surface area contributed by atoms with Crippen molar-refractivity contribution in [1.82, 2.24) is 5.32 Å². The van der Waals surface area contributed by atoms with Gasteiger partial charge >= 0.3 is 0 Å². The molecule has 0 bridgehead atoms. The van der Waals surface area contributed by atoms with Crippen LogP contribution in [-0.2, 0) is 0 Å². The van der Waals surface area contributed by atoms with Gasteiger partial charge < -0.3 is 5.32 Å². The van der Waals surface area contributed by atoms with Crippen LogP contribution in [0, 0.1) is 5.82 Å². The summed E-state index contributed by atoms with van der Waals surface area (Å²) in [6.45, 7) is 1.04. The van der Waals surface area contributed by atoms with Gasteiger partial charge in [-0.25, -0.2) is 4.39 Å². The van der Waals surface area contributed by atoms with E-state index in [0.717, 1.165) is 23.0 Å². The highest BCUT2D eigenvalue weighted by molar-refractivity contribution is 9.10. The SMILES string of the molecule is CSc1c(F)cc(C2CCCCN2)cc1Br. The molecule has 1 unspecified atom stereocenters. The van der Waals surface area contributed by atoms with Gasteiger partial charge in [-0.2, -0.15) is 0 Å². The lowest BCUT2D eigenvalue weighted by Gasteiger charge is -2.24. The number of hydrogen-bond acceptors (Lipinski definition) is 2. The molecule has 1 N–H and O–H groups in total. The Morgan fingerprint density at radius 1 is 1.44 bits per heavy atom. The zero-order chi connectivity index (χ0) is 11.5. The molecule has 1 saturated heterocycles. The van der Waals surface area contributed by atoms with Crippen LogP contribution in [0.3, 0.4) is 0 Å². The van der Waals surface area contributed by atoms with Crippen LogP contribution < -0.4 is 5.32 Å². The highest BCUT2D eigenvalue weighted by atomic mass is 79.9. The number of piperidine rings is 1. The third-order valence-corrected chi connectivity index (χ3v) is 4.65. The fourth-order valence-corrected chi connectivity index (χ4v) is 3.56. The Morgan fingerprint density at radius 2 is 2.25 bits per heavy atom. The van der Waals surface area contributed by atoms with Crippen molar-refractivity contribution in [3.63, 3.8) is 0 Å². The maximum atomic E-state index is 13.8. The third kappa shape index (κ3) is 2.60. The smallest absolute Gasteiger partial charge is 0.138 e. The first-order valence-electron chi connectivity index (χ1n) is 5.48. The zero-order valence-electron chi connectivity index (χ0n) is 9.22. The largest absolute Gasteiger partial charge is 0.310 e. The normalized spacial score (nSPS) is 21.1. The van der Waals surface area contributed by atoms with Gasteiger partial charge in [0.05, 0.1) is 4.90 Å². The van der Waals surface area contributed by atoms with Crippen molar-refractivity contribution in [3.05, 3.63) is 28.0 Å². The standard InChI is InChI=1S/C12H15BrFNS/c1-16-12-9(13)6-8(7-10(12)14)11-4-2-3-5-15-11/h6-7,11,15H,2-5H2,1H3. The Kier molecular flexibility index (Phi) is 4.27. The lowest BCUT2D eigenvalue weighted by molar-refractivity contribution is 0.410. The van der Waals surface area contributed by atoms with Gasteiger partial charge in [-0.15, -0.1) is 11.8 Å². The molecule has 0 radical (unpaired) electrons. The van der Waals surface area contributed by atoms with E-state index in [1.807, 2.05) is 12.3 Å². The number of rotatable bonds is 2. The summed E-state index contributed by atoms with van der Waals surface area (Å²) < 4.78 is 14.7. The Bertz CT molecular complexity index is 354. The molecule has 0 saturated carbocycles. The molecule has 1 aliphatic rings. The van der Waals surface area contributed by atoms with Gasteiger partial charge in [0, 0.05) is 10.5 Å². The van der Waals surface area contributed by atoms with Gasteiger partial charge in [0.2, 0.25) is 0 Å². The van der Waals surface area contributed by atoms with Crippen molar-refractivity contribution in [2.24, 2.45) is 0 Å². The second-order valence-corrected chi connectivity index (χ2v) is 5.69. The van der Waals surface area contributed by atoms with E-state index in [-0.39, 0.29) is 5.82 Å². The highest BCUT2D eigenvalue weighted by Gasteiger charge is 2.17. The van der Waals surface area contributed by atoms with E-state index < -0.39 is 0 Å². The molecule has 1 fully saturated rings. The first-order chi connectivity index (χ1) is 7.72. The van der Waals surface area contributed by atoms with Crippen LogP contribution in [-0.4, -0.2) is 12.8 Å². The van der Waals surface area contributed by atoms with Crippen molar-refractivity contribution >= 4 is 27.7 Å². The summed E-state index contributed by atoms with van der Waals surface area (Å²) in [6.07, 6.45) is 5.44. The second-order valence-electron chi connectivity index (χ2n) is 4.02. The van der Waals surface area contributed by atoms with Gasteiger partial charge in [-0.3, -0.25) is 0 Å². The van der Waals surface area contributed by atoms with Gasteiger partial charge in [0.15, 0.2) is 0 Å². The van der Waals surface area contributed by atoms with Crippen molar-refractivity contribution in [2.45, 2.75) is 30.2 Å². The Morgan fingerprint density at radius 3 is 2.81 bits per heavy atom. The van der Waals surface area contributed by atoms with Crippen LogP contribution in [0.1, 0.15) is 30.9 Å². The first kappa shape index (κ1) is 12.4. The Hall–Kier alpha value is -0.0600. The topological polar surface area (TPSA) is 12.0 Å². The van der Waals surface area contributed by atoms with E-state index >= 15 is 0 Å². The van der Waals surface area contributed by atoms with Gasteiger partial charge in [0.25, 0.3) is 0 Å². The van der Waals surface area contributed by atoms with Gasteiger partial charge in [0.1, 0.15) is 5.82 Å². The third-order valence-electron chi connectivity index (χ3n) is 2.94. The number of thioether (sulfide) groups is 1. The molecule has 1 aromatic carbocycles. The van der Waals surface area contributed by atoms with Crippen LogP contribution in [0.4, 0.5) is 4.39 Å². The first-order valence-corrected chi connectivity index (χ1v) is 7.50. The van der Waals surface area contributed by atoms with Gasteiger partial charge in [-0.05, 0) is 59.3 Å². The van der Waals surface area contributed by atoms with Crippen LogP contribution in [0.15, 0.2) is 21.5 Å². The lowest BCUT2D eigenvalue weighted by Crippen LogP contribution is -2.26. The summed E-state index contributed by atoms with van der Waals surface area (Å²) in [5.41, 5.74) is 1.06. The highest BCUT2D eigenvalue weighted by Crippen LogP contribution is 2.33. The van der Waals surface area contributed by atoms with Gasteiger partial charge in [-0.1, -0.05) is 6.42 Å². The molecule has 4 heteroatoms. The molecule has 0 amide bonds. The number of nitrogens with one attached hydrogen (secondary N) is 1. The summed E-state index contributed by atoms with van der Waals surface area (Å²) in [7, 11) is 0. The van der Waals surface area contributed by atoms with Crippen LogP contribution in [0.5, 0.6) is 0 Å². The summed E-state index contributed by atoms with van der Waals surface area (Å²) >= 11 is 4.87. The molecule has 0 aliphatic carbocycles. The number of halogens is 2. The summed E-state index contributed by atoms with van der Waals surface area (Å²) in [5.74, 6) is -0.121. The molecular formula is C12H15BrFNS. The second kappa shape index (κ2) is 5.52. The molecule has 2 rings (SSSR count). The maximum absolute atomic E-state index is 13.8. The molecular weight excluding hydrogens is 289 g/mol. The number of hydrogen-bond donors (Lipinski definition) is 1. The lowest BCUT2D eigenvalue weighted by atomic mass is 9.97. The quantitative estimate of drug-likeness (QED) is 0.825. The molecule has 1 nitrogen and oxygen atoms in total. The van der Waals surface area contributed by atoms with E-state index in [9.17, 15) is 4.39 Å². The monoisotopic (exact) mass is 303 g/mol. The summed E-state index contributed by atoms with van der Waals surface area (Å²) in [4.78, 5) is 0.694. The zero-order valence-corrected chi connectivity index (χ0v) is 11.6. The maximum Gasteiger partial charge on any atom is 0.138 e. The van der Waals surface area contributed by atoms with E-state index in [1.165, 1.54) is 24.6 Å². The Balaban J connectivity index is 2.28.